The monoisotopic (exact) mass is 365 g/mol. The fourth-order valence-corrected chi connectivity index (χ4v) is 4.25. The van der Waals surface area contributed by atoms with E-state index >= 15 is 0 Å². The first kappa shape index (κ1) is 17.9. The number of anilines is 1. The van der Waals surface area contributed by atoms with Crippen LogP contribution in [0.5, 0.6) is 11.5 Å². The smallest absolute Gasteiger partial charge is 0.259 e. The molecule has 142 valence electrons. The number of hydrogen-bond acceptors (Lipinski definition) is 3. The summed E-state index contributed by atoms with van der Waals surface area (Å²) in [5, 5.41) is 0. The van der Waals surface area contributed by atoms with Crippen LogP contribution in [0.1, 0.15) is 65.7 Å². The number of carbonyl (C=O) groups excluding carboxylic acids is 1. The van der Waals surface area contributed by atoms with E-state index in [2.05, 4.69) is 26.8 Å². The van der Waals surface area contributed by atoms with E-state index in [9.17, 15) is 4.79 Å². The second-order valence-electron chi connectivity index (χ2n) is 7.73. The standard InChI is InChI=1S/C23H27NO3/c1-14-11-19-16(3)24(23(25)20(19)12-15(14)2)17-9-10-21(26-4)22(13-17)27-18-7-5-6-8-18/h9-13,16,18H,5-8H2,1-4H3. The van der Waals surface area contributed by atoms with Gasteiger partial charge in [0.1, 0.15) is 0 Å². The third-order valence-corrected chi connectivity index (χ3v) is 5.97. The van der Waals surface area contributed by atoms with Crippen molar-refractivity contribution in [2.24, 2.45) is 0 Å². The van der Waals surface area contributed by atoms with Crippen molar-refractivity contribution >= 4 is 11.6 Å². The molecule has 4 nitrogen and oxygen atoms in total. The van der Waals surface area contributed by atoms with Crippen molar-refractivity contribution in [1.29, 1.82) is 0 Å². The van der Waals surface area contributed by atoms with Gasteiger partial charge in [0.2, 0.25) is 0 Å². The van der Waals surface area contributed by atoms with Crippen molar-refractivity contribution in [2.45, 2.75) is 58.6 Å². The summed E-state index contributed by atoms with van der Waals surface area (Å²) in [5.74, 6) is 1.50. The van der Waals surface area contributed by atoms with Gasteiger partial charge in [-0.05, 0) is 81.3 Å². The molecule has 1 amide bonds. The minimum absolute atomic E-state index is 0.000439. The molecule has 4 heteroatoms. The van der Waals surface area contributed by atoms with Gasteiger partial charge >= 0.3 is 0 Å². The number of rotatable bonds is 4. The summed E-state index contributed by atoms with van der Waals surface area (Å²) in [5.41, 5.74) is 5.12. The Kier molecular flexibility index (Phi) is 4.58. The zero-order valence-corrected chi connectivity index (χ0v) is 16.5. The van der Waals surface area contributed by atoms with E-state index in [1.807, 2.05) is 29.2 Å². The van der Waals surface area contributed by atoms with E-state index in [-0.39, 0.29) is 18.1 Å². The molecular formula is C23H27NO3. The van der Waals surface area contributed by atoms with Gasteiger partial charge in [-0.15, -0.1) is 0 Å². The molecule has 0 aromatic heterocycles. The Balaban J connectivity index is 1.69. The first-order chi connectivity index (χ1) is 13.0. The van der Waals surface area contributed by atoms with Crippen molar-refractivity contribution in [3.8, 4) is 11.5 Å². The Morgan fingerprint density at radius 3 is 2.41 bits per heavy atom. The highest BCUT2D eigenvalue weighted by Gasteiger charge is 2.35. The van der Waals surface area contributed by atoms with E-state index in [1.54, 1.807) is 7.11 Å². The SMILES string of the molecule is COc1ccc(N2C(=O)c3cc(C)c(C)cc3C2C)cc1OC1CCCC1. The van der Waals surface area contributed by atoms with Crippen LogP contribution in [0.4, 0.5) is 5.69 Å². The molecule has 0 bridgehead atoms. The minimum atomic E-state index is -0.000439. The maximum absolute atomic E-state index is 13.1. The average Bonchev–Trinajstić information content (AvgIpc) is 3.24. The largest absolute Gasteiger partial charge is 0.493 e. The topological polar surface area (TPSA) is 38.8 Å². The number of benzene rings is 2. The van der Waals surface area contributed by atoms with Gasteiger partial charge in [0.15, 0.2) is 11.5 Å². The van der Waals surface area contributed by atoms with Gasteiger partial charge in [0, 0.05) is 17.3 Å². The number of hydrogen-bond donors (Lipinski definition) is 0. The van der Waals surface area contributed by atoms with Gasteiger partial charge in [-0.25, -0.2) is 0 Å². The van der Waals surface area contributed by atoms with Crippen molar-refractivity contribution < 1.29 is 14.3 Å². The summed E-state index contributed by atoms with van der Waals surface area (Å²) < 4.78 is 11.7. The van der Waals surface area contributed by atoms with Crippen LogP contribution in [0.3, 0.4) is 0 Å². The molecule has 2 aromatic rings. The van der Waals surface area contributed by atoms with Gasteiger partial charge in [-0.1, -0.05) is 6.07 Å². The van der Waals surface area contributed by atoms with Crippen LogP contribution in [0, 0.1) is 13.8 Å². The van der Waals surface area contributed by atoms with Crippen molar-refractivity contribution in [2.75, 3.05) is 12.0 Å². The highest BCUT2D eigenvalue weighted by Crippen LogP contribution is 2.42. The highest BCUT2D eigenvalue weighted by atomic mass is 16.5. The molecule has 1 aliphatic carbocycles. The van der Waals surface area contributed by atoms with E-state index in [4.69, 9.17) is 9.47 Å². The lowest BCUT2D eigenvalue weighted by Crippen LogP contribution is -2.26. The second-order valence-corrected chi connectivity index (χ2v) is 7.73. The Labute approximate surface area is 161 Å². The predicted octanol–water partition coefficient (Wildman–Crippen LogP) is 5.35. The van der Waals surface area contributed by atoms with Crippen molar-refractivity contribution in [3.05, 3.63) is 52.6 Å². The number of carbonyl (C=O) groups is 1. The normalized spacial score (nSPS) is 19.5. The molecule has 2 aromatic carbocycles. The maximum Gasteiger partial charge on any atom is 0.259 e. The minimum Gasteiger partial charge on any atom is -0.493 e. The Hall–Kier alpha value is -2.49. The summed E-state index contributed by atoms with van der Waals surface area (Å²) >= 11 is 0. The molecule has 1 aliphatic heterocycles. The van der Waals surface area contributed by atoms with Gasteiger partial charge < -0.3 is 14.4 Å². The van der Waals surface area contributed by atoms with E-state index in [0.29, 0.717) is 5.75 Å². The van der Waals surface area contributed by atoms with E-state index in [0.717, 1.165) is 41.0 Å². The number of amides is 1. The highest BCUT2D eigenvalue weighted by molar-refractivity contribution is 6.11. The zero-order chi connectivity index (χ0) is 19.1. The molecule has 1 atom stereocenters. The molecule has 1 saturated carbocycles. The maximum atomic E-state index is 13.1. The lowest BCUT2D eigenvalue weighted by Gasteiger charge is -2.24. The van der Waals surface area contributed by atoms with Crippen LogP contribution >= 0.6 is 0 Å². The second kappa shape index (κ2) is 6.91. The first-order valence-corrected chi connectivity index (χ1v) is 9.79. The van der Waals surface area contributed by atoms with Crippen LogP contribution in [0.25, 0.3) is 0 Å². The van der Waals surface area contributed by atoms with Gasteiger partial charge in [0.25, 0.3) is 5.91 Å². The summed E-state index contributed by atoms with van der Waals surface area (Å²) in [4.78, 5) is 15.0. The summed E-state index contributed by atoms with van der Waals surface area (Å²) in [6.07, 6.45) is 4.82. The number of methoxy groups -OCH3 is 1. The number of ether oxygens (including phenoxy) is 2. The third kappa shape index (κ3) is 3.07. The molecule has 0 N–H and O–H groups in total. The van der Waals surface area contributed by atoms with E-state index in [1.165, 1.54) is 18.4 Å². The predicted molar refractivity (Wildman–Crippen MR) is 107 cm³/mol. The fourth-order valence-electron chi connectivity index (χ4n) is 4.25. The summed E-state index contributed by atoms with van der Waals surface area (Å²) in [6, 6.07) is 9.96. The lowest BCUT2D eigenvalue weighted by atomic mass is 9.99. The summed E-state index contributed by atoms with van der Waals surface area (Å²) in [7, 11) is 1.65. The molecule has 1 heterocycles. The molecule has 0 radical (unpaired) electrons. The van der Waals surface area contributed by atoms with Crippen molar-refractivity contribution in [1.82, 2.24) is 0 Å². The Morgan fingerprint density at radius 1 is 1.00 bits per heavy atom. The molecule has 0 saturated heterocycles. The molecule has 4 rings (SSSR count). The third-order valence-electron chi connectivity index (χ3n) is 5.97. The van der Waals surface area contributed by atoms with Crippen LogP contribution < -0.4 is 14.4 Å². The molecule has 1 unspecified atom stereocenters. The molecule has 1 fully saturated rings. The fraction of sp³-hybridized carbons (Fsp3) is 0.435. The van der Waals surface area contributed by atoms with Crippen LogP contribution in [0.15, 0.2) is 30.3 Å². The van der Waals surface area contributed by atoms with Gasteiger partial charge in [-0.2, -0.15) is 0 Å². The quantitative estimate of drug-likeness (QED) is 0.733. The van der Waals surface area contributed by atoms with Gasteiger partial charge in [0.05, 0.1) is 19.3 Å². The molecular weight excluding hydrogens is 338 g/mol. The van der Waals surface area contributed by atoms with Crippen LogP contribution in [0.2, 0.25) is 0 Å². The number of fused-ring (bicyclic) bond motifs is 1. The lowest BCUT2D eigenvalue weighted by molar-refractivity contribution is 0.0992. The average molecular weight is 365 g/mol. The zero-order valence-electron chi connectivity index (χ0n) is 16.5. The Morgan fingerprint density at radius 2 is 1.70 bits per heavy atom. The van der Waals surface area contributed by atoms with Gasteiger partial charge in [-0.3, -0.25) is 4.79 Å². The van der Waals surface area contributed by atoms with Crippen molar-refractivity contribution in [3.63, 3.8) is 0 Å². The van der Waals surface area contributed by atoms with Crippen LogP contribution in [-0.4, -0.2) is 19.1 Å². The molecule has 2 aliphatic rings. The van der Waals surface area contributed by atoms with Crippen LogP contribution in [-0.2, 0) is 0 Å². The first-order valence-electron chi connectivity index (χ1n) is 9.79. The number of aryl methyl sites for hydroxylation is 2. The molecule has 0 spiro atoms. The number of nitrogens with zero attached hydrogens (tertiary/aromatic N) is 1. The van der Waals surface area contributed by atoms with E-state index < -0.39 is 0 Å². The summed E-state index contributed by atoms with van der Waals surface area (Å²) in [6.45, 7) is 6.23. The Bertz CT molecular complexity index is 883. The molecule has 27 heavy (non-hydrogen) atoms.